The second-order valence-corrected chi connectivity index (χ2v) is 2.17. The van der Waals surface area contributed by atoms with E-state index in [1.165, 1.54) is 6.92 Å². The lowest BCUT2D eigenvalue weighted by Crippen LogP contribution is -1.99. The molecule has 0 aliphatic heterocycles. The average Bonchev–Trinajstić information content (AvgIpc) is 2.02. The molecular formula is C8H5F4. The molecule has 12 heavy (non-hydrogen) atoms. The second-order valence-electron chi connectivity index (χ2n) is 2.17. The highest BCUT2D eigenvalue weighted by Gasteiger charge is 2.16. The summed E-state index contributed by atoms with van der Waals surface area (Å²) < 4.78 is 50.1. The summed E-state index contributed by atoms with van der Waals surface area (Å²) in [6.45, 7) is 1.29. The molecular weight excluding hydrogens is 172 g/mol. The first kappa shape index (κ1) is 9.03. The van der Waals surface area contributed by atoms with E-state index in [1.807, 2.05) is 0 Å². The van der Waals surface area contributed by atoms with Gasteiger partial charge < -0.3 is 0 Å². The van der Waals surface area contributed by atoms with Gasteiger partial charge in [-0.25, -0.2) is 17.6 Å². The fraction of sp³-hybridized carbons (Fsp3) is 0.125. The van der Waals surface area contributed by atoms with Gasteiger partial charge in [0.1, 0.15) is 0 Å². The number of halogens is 4. The molecule has 0 aliphatic rings. The van der Waals surface area contributed by atoms with Crippen LogP contribution >= 0.6 is 0 Å². The SMILES string of the molecule is C[CH]c1c(F)c(F)cc(F)c1F. The van der Waals surface area contributed by atoms with Crippen LogP contribution in [0, 0.1) is 29.7 Å². The van der Waals surface area contributed by atoms with Crippen molar-refractivity contribution in [3.8, 4) is 0 Å². The third-order valence-corrected chi connectivity index (χ3v) is 1.43. The van der Waals surface area contributed by atoms with Gasteiger partial charge in [-0.1, -0.05) is 6.92 Å². The van der Waals surface area contributed by atoms with Crippen molar-refractivity contribution < 1.29 is 17.6 Å². The normalized spacial score (nSPS) is 10.4. The molecule has 65 valence electrons. The van der Waals surface area contributed by atoms with Gasteiger partial charge in [-0.2, -0.15) is 0 Å². The molecule has 0 fully saturated rings. The van der Waals surface area contributed by atoms with Gasteiger partial charge in [-0.05, 0) is 6.42 Å². The molecule has 0 saturated heterocycles. The minimum atomic E-state index is -1.39. The molecule has 0 unspecified atom stereocenters. The minimum Gasteiger partial charge on any atom is -0.204 e. The van der Waals surface area contributed by atoms with Crippen LogP contribution < -0.4 is 0 Å². The maximum absolute atomic E-state index is 12.6. The van der Waals surface area contributed by atoms with E-state index in [1.54, 1.807) is 0 Å². The third kappa shape index (κ3) is 1.29. The van der Waals surface area contributed by atoms with Crippen molar-refractivity contribution in [3.63, 3.8) is 0 Å². The van der Waals surface area contributed by atoms with Gasteiger partial charge in [0.25, 0.3) is 0 Å². The topological polar surface area (TPSA) is 0 Å². The number of hydrogen-bond donors (Lipinski definition) is 0. The van der Waals surface area contributed by atoms with Crippen LogP contribution in [-0.4, -0.2) is 0 Å². The van der Waals surface area contributed by atoms with E-state index in [0.29, 0.717) is 0 Å². The molecule has 0 N–H and O–H groups in total. The summed E-state index contributed by atoms with van der Waals surface area (Å²) in [4.78, 5) is 0. The lowest BCUT2D eigenvalue weighted by molar-refractivity contribution is 0.447. The van der Waals surface area contributed by atoms with E-state index in [0.717, 1.165) is 6.42 Å². The van der Waals surface area contributed by atoms with Crippen LogP contribution in [0.25, 0.3) is 0 Å². The highest BCUT2D eigenvalue weighted by Crippen LogP contribution is 2.19. The molecule has 0 atom stereocenters. The summed E-state index contributed by atoms with van der Waals surface area (Å²) in [5.74, 6) is -5.50. The molecule has 4 heteroatoms. The maximum Gasteiger partial charge on any atom is 0.165 e. The van der Waals surface area contributed by atoms with Crippen LogP contribution in [0.1, 0.15) is 12.5 Å². The van der Waals surface area contributed by atoms with Gasteiger partial charge in [0.05, 0.1) is 0 Å². The zero-order valence-corrected chi connectivity index (χ0v) is 6.17. The molecule has 0 amide bonds. The van der Waals surface area contributed by atoms with E-state index in [2.05, 4.69) is 0 Å². The van der Waals surface area contributed by atoms with E-state index in [4.69, 9.17) is 0 Å². The molecule has 0 aliphatic carbocycles. The molecule has 1 rings (SSSR count). The summed E-state index contributed by atoms with van der Waals surface area (Å²) in [5, 5.41) is 0. The predicted molar refractivity (Wildman–Crippen MR) is 35.4 cm³/mol. The molecule has 0 bridgehead atoms. The van der Waals surface area contributed by atoms with Gasteiger partial charge in [-0.3, -0.25) is 0 Å². The quantitative estimate of drug-likeness (QED) is 0.457. The fourth-order valence-electron chi connectivity index (χ4n) is 0.845. The predicted octanol–water partition coefficient (Wildman–Crippen LogP) is 2.82. The lowest BCUT2D eigenvalue weighted by Gasteiger charge is -2.02. The lowest BCUT2D eigenvalue weighted by atomic mass is 10.1. The standard InChI is InChI=1S/C8H5F4/c1-2-4-7(11)5(9)3-6(10)8(4)12/h2-3H,1H3. The Kier molecular flexibility index (Phi) is 2.35. The smallest absolute Gasteiger partial charge is 0.165 e. The average molecular weight is 177 g/mol. The highest BCUT2D eigenvalue weighted by molar-refractivity contribution is 5.27. The summed E-state index contributed by atoms with van der Waals surface area (Å²) >= 11 is 0. The Morgan fingerprint density at radius 2 is 1.42 bits per heavy atom. The Labute approximate surface area is 66.8 Å². The Hall–Kier alpha value is -1.06. The van der Waals surface area contributed by atoms with Gasteiger partial charge in [0.2, 0.25) is 0 Å². The zero-order valence-electron chi connectivity index (χ0n) is 6.17. The first-order valence-corrected chi connectivity index (χ1v) is 3.20. The first-order chi connectivity index (χ1) is 5.57. The Morgan fingerprint density at radius 3 is 1.75 bits per heavy atom. The molecule has 0 heterocycles. The number of hydrogen-bond acceptors (Lipinski definition) is 0. The Bertz CT molecular complexity index is 280. The zero-order chi connectivity index (χ0) is 9.30. The molecule has 0 saturated carbocycles. The largest absolute Gasteiger partial charge is 0.204 e. The second kappa shape index (κ2) is 3.13. The Morgan fingerprint density at radius 1 is 1.00 bits per heavy atom. The summed E-state index contributed by atoms with van der Waals surface area (Å²) in [7, 11) is 0. The van der Waals surface area contributed by atoms with Crippen molar-refractivity contribution in [1.29, 1.82) is 0 Å². The van der Waals surface area contributed by atoms with Crippen molar-refractivity contribution >= 4 is 0 Å². The molecule has 1 aromatic rings. The van der Waals surface area contributed by atoms with Crippen molar-refractivity contribution in [3.05, 3.63) is 41.3 Å². The van der Waals surface area contributed by atoms with E-state index >= 15 is 0 Å². The summed E-state index contributed by atoms with van der Waals surface area (Å²) in [6.07, 6.45) is 0.969. The van der Waals surface area contributed by atoms with Crippen molar-refractivity contribution in [2.75, 3.05) is 0 Å². The Balaban J connectivity index is 3.42. The van der Waals surface area contributed by atoms with Crippen molar-refractivity contribution in [1.82, 2.24) is 0 Å². The number of benzene rings is 1. The first-order valence-electron chi connectivity index (χ1n) is 3.20. The molecule has 0 nitrogen and oxygen atoms in total. The maximum atomic E-state index is 12.6. The van der Waals surface area contributed by atoms with E-state index in [-0.39, 0.29) is 6.07 Å². The van der Waals surface area contributed by atoms with Crippen LogP contribution in [0.5, 0.6) is 0 Å². The van der Waals surface area contributed by atoms with Gasteiger partial charge in [0, 0.05) is 11.6 Å². The van der Waals surface area contributed by atoms with Crippen LogP contribution in [0.3, 0.4) is 0 Å². The van der Waals surface area contributed by atoms with Crippen LogP contribution in [0.2, 0.25) is 0 Å². The third-order valence-electron chi connectivity index (χ3n) is 1.43. The van der Waals surface area contributed by atoms with Gasteiger partial charge in [0.15, 0.2) is 23.3 Å². The van der Waals surface area contributed by atoms with Crippen molar-refractivity contribution in [2.24, 2.45) is 0 Å². The molecule has 0 aromatic heterocycles. The van der Waals surface area contributed by atoms with E-state index in [9.17, 15) is 17.6 Å². The van der Waals surface area contributed by atoms with Crippen molar-refractivity contribution in [2.45, 2.75) is 6.92 Å². The molecule has 0 spiro atoms. The molecule has 1 radical (unpaired) electrons. The minimum absolute atomic E-state index is 0.178. The van der Waals surface area contributed by atoms with Crippen LogP contribution in [0.15, 0.2) is 6.07 Å². The highest BCUT2D eigenvalue weighted by atomic mass is 19.2. The summed E-state index contributed by atoms with van der Waals surface area (Å²) in [6, 6.07) is 0.178. The van der Waals surface area contributed by atoms with Gasteiger partial charge >= 0.3 is 0 Å². The van der Waals surface area contributed by atoms with Crippen LogP contribution in [-0.2, 0) is 0 Å². The van der Waals surface area contributed by atoms with Crippen LogP contribution in [0.4, 0.5) is 17.6 Å². The van der Waals surface area contributed by atoms with E-state index < -0.39 is 28.8 Å². The fourth-order valence-corrected chi connectivity index (χ4v) is 0.845. The van der Waals surface area contributed by atoms with Gasteiger partial charge in [-0.15, -0.1) is 0 Å². The molecule has 1 aromatic carbocycles. The number of rotatable bonds is 1. The monoisotopic (exact) mass is 177 g/mol. The summed E-state index contributed by atoms with van der Waals surface area (Å²) in [5.41, 5.74) is -0.674.